The zero-order valence-corrected chi connectivity index (χ0v) is 16.9. The first-order valence-electron chi connectivity index (χ1n) is 8.77. The van der Waals surface area contributed by atoms with Gasteiger partial charge in [-0.2, -0.15) is 0 Å². The maximum Gasteiger partial charge on any atom is 0.412 e. The first-order chi connectivity index (χ1) is 12.9. The molecule has 0 aliphatic carbocycles. The van der Waals surface area contributed by atoms with Crippen LogP contribution in [0.2, 0.25) is 5.02 Å². The molecule has 0 radical (unpaired) electrons. The highest BCUT2D eigenvalue weighted by molar-refractivity contribution is 7.85. The van der Waals surface area contributed by atoms with E-state index in [1.807, 2.05) is 50.2 Å². The van der Waals surface area contributed by atoms with Crippen molar-refractivity contribution in [1.82, 2.24) is 0 Å². The zero-order valence-electron chi connectivity index (χ0n) is 15.3. The van der Waals surface area contributed by atoms with Gasteiger partial charge >= 0.3 is 6.09 Å². The molecule has 1 aliphatic rings. The van der Waals surface area contributed by atoms with Crippen molar-refractivity contribution in [2.24, 2.45) is 0 Å². The third-order valence-electron chi connectivity index (χ3n) is 4.29. The molecule has 0 saturated carbocycles. The van der Waals surface area contributed by atoms with Gasteiger partial charge in [0, 0.05) is 22.3 Å². The monoisotopic (exact) mass is 407 g/mol. The van der Waals surface area contributed by atoms with E-state index in [4.69, 9.17) is 21.1 Å². The number of halogens is 1. The summed E-state index contributed by atoms with van der Waals surface area (Å²) in [7, 11) is -0.984. The van der Waals surface area contributed by atoms with E-state index in [2.05, 4.69) is 5.32 Å². The first kappa shape index (κ1) is 19.7. The number of amides is 1. The van der Waals surface area contributed by atoms with E-state index in [1.54, 1.807) is 6.07 Å². The minimum absolute atomic E-state index is 0.414. The number of rotatable bonds is 7. The molecule has 1 unspecified atom stereocenters. The van der Waals surface area contributed by atoms with Gasteiger partial charge in [0.25, 0.3) is 0 Å². The van der Waals surface area contributed by atoms with Crippen LogP contribution in [0.15, 0.2) is 47.4 Å². The van der Waals surface area contributed by atoms with Gasteiger partial charge in [0.05, 0.1) is 28.1 Å². The molecule has 1 amide bonds. The van der Waals surface area contributed by atoms with Gasteiger partial charge in [-0.05, 0) is 44.9 Å². The Hall–Kier alpha value is -2.05. The summed E-state index contributed by atoms with van der Waals surface area (Å²) in [6.45, 7) is 4.11. The number of anilines is 1. The van der Waals surface area contributed by atoms with Gasteiger partial charge < -0.3 is 9.47 Å². The second-order valence-electron chi connectivity index (χ2n) is 6.77. The number of hydrogen-bond acceptors (Lipinski definition) is 4. The molecular formula is C20H22ClNO4S. The molecule has 1 N–H and O–H groups in total. The average molecular weight is 408 g/mol. The Balaban J connectivity index is 1.54. The summed E-state index contributed by atoms with van der Waals surface area (Å²) in [5, 5.41) is 3.05. The topological polar surface area (TPSA) is 64.6 Å². The number of carbonyl (C=O) groups is 1. The number of nitrogens with one attached hydrogen (secondary N) is 1. The Morgan fingerprint density at radius 1 is 1.19 bits per heavy atom. The molecule has 0 aromatic heterocycles. The molecule has 0 bridgehead atoms. The molecule has 144 valence electrons. The fourth-order valence-corrected chi connectivity index (χ4v) is 4.32. The van der Waals surface area contributed by atoms with Crippen molar-refractivity contribution in [3.8, 4) is 5.75 Å². The lowest BCUT2D eigenvalue weighted by Crippen LogP contribution is -2.34. The SMILES string of the molecule is CC1(C)OC(=O)Nc2c(Cl)cc(OCCCCS(=O)c3ccccc3)cc21. The Bertz CT molecular complexity index is 855. The second kappa shape index (κ2) is 8.31. The number of ether oxygens (including phenoxy) is 2. The highest BCUT2D eigenvalue weighted by Gasteiger charge is 2.35. The normalized spacial score (nSPS) is 16.0. The van der Waals surface area contributed by atoms with Crippen LogP contribution in [0.3, 0.4) is 0 Å². The Kier molecular flexibility index (Phi) is 6.07. The minimum Gasteiger partial charge on any atom is -0.494 e. The van der Waals surface area contributed by atoms with Gasteiger partial charge in [0.1, 0.15) is 11.4 Å². The summed E-state index contributed by atoms with van der Waals surface area (Å²) in [5.41, 5.74) is 0.547. The van der Waals surface area contributed by atoms with E-state index in [1.165, 1.54) is 0 Å². The van der Waals surface area contributed by atoms with Crippen molar-refractivity contribution < 1.29 is 18.5 Å². The van der Waals surface area contributed by atoms with Crippen LogP contribution in [-0.2, 0) is 21.1 Å². The van der Waals surface area contributed by atoms with Gasteiger partial charge in [-0.3, -0.25) is 9.53 Å². The standard InChI is InChI=1S/C20H22ClNO4S/c1-20(2)16-12-14(13-17(21)18(16)22-19(23)26-20)25-10-6-7-11-27(24)15-8-4-3-5-9-15/h3-5,8-9,12-13H,6-7,10-11H2,1-2H3,(H,22,23). The van der Waals surface area contributed by atoms with E-state index in [0.717, 1.165) is 23.3 Å². The summed E-state index contributed by atoms with van der Waals surface area (Å²) in [6, 6.07) is 13.0. The lowest BCUT2D eigenvalue weighted by molar-refractivity contribution is 0.0418. The number of hydrogen-bond donors (Lipinski definition) is 1. The molecule has 0 saturated heterocycles. The van der Waals surface area contributed by atoms with Crippen molar-refractivity contribution in [2.75, 3.05) is 17.7 Å². The minimum atomic E-state index is -0.984. The predicted octanol–water partition coefficient (Wildman–Crippen LogP) is 5.10. The van der Waals surface area contributed by atoms with Crippen LogP contribution in [0.25, 0.3) is 0 Å². The molecule has 1 heterocycles. The molecule has 3 rings (SSSR count). The van der Waals surface area contributed by atoms with Gasteiger partial charge in [0.2, 0.25) is 0 Å². The Morgan fingerprint density at radius 2 is 1.93 bits per heavy atom. The lowest BCUT2D eigenvalue weighted by atomic mass is 9.94. The molecule has 0 fully saturated rings. The summed E-state index contributed by atoms with van der Waals surface area (Å²) in [5.74, 6) is 1.22. The second-order valence-corrected chi connectivity index (χ2v) is 8.75. The number of benzene rings is 2. The quantitative estimate of drug-likeness (QED) is 0.648. The van der Waals surface area contributed by atoms with Crippen molar-refractivity contribution in [3.05, 3.63) is 53.1 Å². The molecule has 2 aromatic carbocycles. The van der Waals surface area contributed by atoms with Gasteiger partial charge in [-0.15, -0.1) is 0 Å². The van der Waals surface area contributed by atoms with Crippen molar-refractivity contribution in [3.63, 3.8) is 0 Å². The molecule has 0 spiro atoms. The largest absolute Gasteiger partial charge is 0.494 e. The Morgan fingerprint density at radius 3 is 2.67 bits per heavy atom. The third-order valence-corrected chi connectivity index (χ3v) is 6.04. The Labute approximate surface area is 166 Å². The number of cyclic esters (lactones) is 1. The van der Waals surface area contributed by atoms with Crippen molar-refractivity contribution >= 4 is 34.2 Å². The van der Waals surface area contributed by atoms with Crippen LogP contribution in [-0.4, -0.2) is 22.7 Å². The highest BCUT2D eigenvalue weighted by Crippen LogP contribution is 2.42. The number of fused-ring (bicyclic) bond motifs is 1. The highest BCUT2D eigenvalue weighted by atomic mass is 35.5. The number of unbranched alkanes of at least 4 members (excludes halogenated alkanes) is 1. The summed E-state index contributed by atoms with van der Waals surface area (Å²) in [4.78, 5) is 12.5. The molecule has 27 heavy (non-hydrogen) atoms. The van der Waals surface area contributed by atoms with Crippen molar-refractivity contribution in [2.45, 2.75) is 37.2 Å². The molecule has 5 nitrogen and oxygen atoms in total. The van der Waals surface area contributed by atoms with E-state index in [0.29, 0.717) is 28.8 Å². The number of carbonyl (C=O) groups excluding carboxylic acids is 1. The van der Waals surface area contributed by atoms with Crippen LogP contribution >= 0.6 is 11.6 Å². The molecule has 1 atom stereocenters. The summed E-state index contributed by atoms with van der Waals surface area (Å²) < 4.78 is 23.3. The van der Waals surface area contributed by atoms with E-state index in [9.17, 15) is 9.00 Å². The van der Waals surface area contributed by atoms with Gasteiger partial charge in [-0.1, -0.05) is 29.8 Å². The van der Waals surface area contributed by atoms with Crippen LogP contribution < -0.4 is 10.1 Å². The smallest absolute Gasteiger partial charge is 0.412 e. The first-order valence-corrected chi connectivity index (χ1v) is 10.5. The zero-order chi connectivity index (χ0) is 19.4. The van der Waals surface area contributed by atoms with E-state index >= 15 is 0 Å². The van der Waals surface area contributed by atoms with Crippen molar-refractivity contribution in [1.29, 1.82) is 0 Å². The maximum absolute atomic E-state index is 12.2. The average Bonchev–Trinajstić information content (AvgIpc) is 2.62. The van der Waals surface area contributed by atoms with Crippen LogP contribution in [0.1, 0.15) is 32.3 Å². The van der Waals surface area contributed by atoms with Gasteiger partial charge in [0.15, 0.2) is 0 Å². The molecule has 1 aliphatic heterocycles. The summed E-state index contributed by atoms with van der Waals surface area (Å²) in [6.07, 6.45) is 1.06. The molecule has 7 heteroatoms. The molecular weight excluding hydrogens is 386 g/mol. The third kappa shape index (κ3) is 4.82. The van der Waals surface area contributed by atoms with Crippen LogP contribution in [0, 0.1) is 0 Å². The van der Waals surface area contributed by atoms with Gasteiger partial charge in [-0.25, -0.2) is 4.79 Å². The lowest BCUT2D eigenvalue weighted by Gasteiger charge is -2.33. The van der Waals surface area contributed by atoms with Crippen LogP contribution in [0.4, 0.5) is 10.5 Å². The van der Waals surface area contributed by atoms with E-state index in [-0.39, 0.29) is 0 Å². The predicted molar refractivity (Wildman–Crippen MR) is 107 cm³/mol. The molecule has 2 aromatic rings. The maximum atomic E-state index is 12.2. The van der Waals surface area contributed by atoms with Crippen LogP contribution in [0.5, 0.6) is 5.75 Å². The van der Waals surface area contributed by atoms with E-state index < -0.39 is 22.5 Å². The summed E-state index contributed by atoms with van der Waals surface area (Å²) >= 11 is 6.30. The fraction of sp³-hybridized carbons (Fsp3) is 0.350. The fourth-order valence-electron chi connectivity index (χ4n) is 2.90.